The molecule has 0 radical (unpaired) electrons. The molecule has 1 unspecified atom stereocenters. The van der Waals surface area contributed by atoms with Crippen molar-refractivity contribution in [1.29, 1.82) is 0 Å². The molecule has 2 N–H and O–H groups in total. The molecule has 2 bridgehead atoms. The topological polar surface area (TPSA) is 141 Å². The molecule has 0 spiro atoms. The highest BCUT2D eigenvalue weighted by Gasteiger charge is 2.43. The van der Waals surface area contributed by atoms with Gasteiger partial charge < -0.3 is 43.2 Å². The van der Waals surface area contributed by atoms with E-state index in [9.17, 15) is 9.59 Å². The molecule has 13 heteroatoms. The van der Waals surface area contributed by atoms with Crippen molar-refractivity contribution < 1.29 is 52.3 Å². The van der Waals surface area contributed by atoms with E-state index < -0.39 is 17.7 Å². The van der Waals surface area contributed by atoms with Crippen LogP contribution in [-0.2, 0) is 47.5 Å². The Labute approximate surface area is 225 Å². The molecular weight excluding hydrogens is 504 g/mol. The molecule has 3 aliphatic rings. The summed E-state index contributed by atoms with van der Waals surface area (Å²) in [4.78, 5) is 27.8. The van der Waals surface area contributed by atoms with Gasteiger partial charge in [-0.2, -0.15) is 5.48 Å². The van der Waals surface area contributed by atoms with Crippen LogP contribution in [0.2, 0.25) is 0 Å². The van der Waals surface area contributed by atoms with Gasteiger partial charge >= 0.3 is 6.09 Å². The maximum atomic E-state index is 11.6. The van der Waals surface area contributed by atoms with Gasteiger partial charge in [0.1, 0.15) is 5.60 Å². The van der Waals surface area contributed by atoms with Gasteiger partial charge in [0.05, 0.1) is 66.1 Å². The summed E-state index contributed by atoms with van der Waals surface area (Å²) in [5, 5.41) is 2.60. The van der Waals surface area contributed by atoms with Crippen molar-refractivity contribution in [3.63, 3.8) is 0 Å². The molecule has 38 heavy (non-hydrogen) atoms. The zero-order valence-electron chi connectivity index (χ0n) is 23.3. The number of ether oxygens (including phenoxy) is 8. The second-order valence-corrected chi connectivity index (χ2v) is 10.1. The van der Waals surface area contributed by atoms with Crippen molar-refractivity contribution in [1.82, 2.24) is 10.8 Å². The Morgan fingerprint density at radius 3 is 2.00 bits per heavy atom. The fourth-order valence-corrected chi connectivity index (χ4v) is 3.51. The number of amides is 2. The normalized spacial score (nSPS) is 23.2. The van der Waals surface area contributed by atoms with Crippen molar-refractivity contribution in [2.45, 2.75) is 52.1 Å². The molecule has 0 aromatic carbocycles. The number of nitrogens with one attached hydrogen (secondary N) is 2. The van der Waals surface area contributed by atoms with Crippen LogP contribution in [0.25, 0.3) is 0 Å². The summed E-state index contributed by atoms with van der Waals surface area (Å²) in [6, 6.07) is 0. The summed E-state index contributed by atoms with van der Waals surface area (Å²) in [5.41, 5.74) is 1.40. The van der Waals surface area contributed by atoms with Gasteiger partial charge in [0.2, 0.25) is 5.91 Å². The second-order valence-electron chi connectivity index (χ2n) is 10.1. The minimum Gasteiger partial charge on any atom is -0.442 e. The van der Waals surface area contributed by atoms with E-state index in [1.165, 1.54) is 0 Å². The molecule has 13 nitrogen and oxygen atoms in total. The standard InChI is InChI=1S/C25H46N2O11/c1-20-16-34-25(35-17-21(20)18-36-25)6-5-8-30-10-12-32-14-15-33-13-11-31-9-7-26-22(28)19-37-27-23(29)38-24(2,3)4/h20-21H,5-19H2,1-4H3,(H,26,28)(H,27,29). The highest BCUT2D eigenvalue weighted by Crippen LogP contribution is 2.35. The van der Waals surface area contributed by atoms with Crippen LogP contribution < -0.4 is 10.8 Å². The third kappa shape index (κ3) is 14.5. The molecule has 0 saturated carbocycles. The lowest BCUT2D eigenvalue weighted by molar-refractivity contribution is -0.395. The summed E-state index contributed by atoms with van der Waals surface area (Å²) in [7, 11) is 0. The average Bonchev–Trinajstić information content (AvgIpc) is 3.11. The predicted molar refractivity (Wildman–Crippen MR) is 134 cm³/mol. The third-order valence-electron chi connectivity index (χ3n) is 5.62. The van der Waals surface area contributed by atoms with Gasteiger partial charge in [0.25, 0.3) is 5.97 Å². The summed E-state index contributed by atoms with van der Waals surface area (Å²) >= 11 is 0. The monoisotopic (exact) mass is 550 g/mol. The zero-order chi connectivity index (χ0) is 27.7. The molecular formula is C25H46N2O11. The number of carbonyl (C=O) groups excluding carboxylic acids is 2. The highest BCUT2D eigenvalue weighted by atomic mass is 16.9. The van der Waals surface area contributed by atoms with Crippen LogP contribution in [0.4, 0.5) is 4.79 Å². The molecule has 3 fully saturated rings. The average molecular weight is 551 g/mol. The number of rotatable bonds is 19. The molecule has 2 amide bonds. The van der Waals surface area contributed by atoms with Gasteiger partial charge in [0.15, 0.2) is 6.61 Å². The largest absolute Gasteiger partial charge is 0.442 e. The summed E-state index contributed by atoms with van der Waals surface area (Å²) in [6.07, 6.45) is 0.675. The highest BCUT2D eigenvalue weighted by molar-refractivity contribution is 5.77. The second kappa shape index (κ2) is 17.9. The van der Waals surface area contributed by atoms with Crippen molar-refractivity contribution >= 4 is 12.0 Å². The van der Waals surface area contributed by atoms with Crippen LogP contribution in [0.15, 0.2) is 0 Å². The Bertz CT molecular complexity index is 666. The van der Waals surface area contributed by atoms with Crippen molar-refractivity contribution in [2.24, 2.45) is 11.8 Å². The van der Waals surface area contributed by atoms with Gasteiger partial charge in [-0.15, -0.1) is 0 Å². The summed E-state index contributed by atoms with van der Waals surface area (Å²) in [6.45, 7) is 13.0. The van der Waals surface area contributed by atoms with E-state index in [0.717, 1.165) is 6.42 Å². The van der Waals surface area contributed by atoms with Crippen molar-refractivity contribution in [2.75, 3.05) is 85.8 Å². The number of carbonyl (C=O) groups is 2. The Morgan fingerprint density at radius 1 is 0.842 bits per heavy atom. The van der Waals surface area contributed by atoms with Gasteiger partial charge in [-0.3, -0.25) is 9.63 Å². The minimum atomic E-state index is -0.896. The Balaban J connectivity index is 1.28. The van der Waals surface area contributed by atoms with Crippen LogP contribution in [0.5, 0.6) is 0 Å². The summed E-state index contributed by atoms with van der Waals surface area (Å²) in [5.74, 6) is -0.416. The van der Waals surface area contributed by atoms with Crippen LogP contribution in [0.3, 0.4) is 0 Å². The van der Waals surface area contributed by atoms with Crippen LogP contribution >= 0.6 is 0 Å². The Kier molecular flexibility index (Phi) is 15.4. The molecule has 1 atom stereocenters. The molecule has 0 aliphatic carbocycles. The van der Waals surface area contributed by atoms with Crippen LogP contribution in [0, 0.1) is 11.8 Å². The van der Waals surface area contributed by atoms with Gasteiger partial charge in [-0.05, 0) is 33.1 Å². The number of hydrogen-bond acceptors (Lipinski definition) is 11. The Morgan fingerprint density at radius 2 is 1.39 bits per heavy atom. The lowest BCUT2D eigenvalue weighted by Gasteiger charge is -2.35. The predicted octanol–water partition coefficient (Wildman–Crippen LogP) is 1.39. The first-order valence-corrected chi connectivity index (χ1v) is 13.3. The lowest BCUT2D eigenvalue weighted by atomic mass is 9.96. The van der Waals surface area contributed by atoms with E-state index in [1.807, 2.05) is 5.48 Å². The van der Waals surface area contributed by atoms with Crippen molar-refractivity contribution in [3.05, 3.63) is 0 Å². The quantitative estimate of drug-likeness (QED) is 0.178. The van der Waals surface area contributed by atoms with Gasteiger partial charge in [-0.25, -0.2) is 4.79 Å². The van der Waals surface area contributed by atoms with E-state index in [-0.39, 0.29) is 12.5 Å². The fraction of sp³-hybridized carbons (Fsp3) is 0.920. The number of hydroxylamine groups is 1. The fourth-order valence-electron chi connectivity index (χ4n) is 3.51. The molecule has 222 valence electrons. The minimum absolute atomic E-state index is 0.311. The first kappa shape index (κ1) is 32.6. The lowest BCUT2D eigenvalue weighted by Crippen LogP contribution is -2.43. The van der Waals surface area contributed by atoms with E-state index >= 15 is 0 Å². The number of fused-ring (bicyclic) bond motifs is 4. The molecule has 3 saturated heterocycles. The molecule has 3 aliphatic heterocycles. The van der Waals surface area contributed by atoms with E-state index in [1.54, 1.807) is 20.8 Å². The zero-order valence-corrected chi connectivity index (χ0v) is 23.3. The summed E-state index contributed by atoms with van der Waals surface area (Å²) < 4.78 is 44.4. The molecule has 3 heterocycles. The molecule has 0 aromatic rings. The molecule has 0 aromatic heterocycles. The van der Waals surface area contributed by atoms with E-state index in [2.05, 4.69) is 12.2 Å². The van der Waals surface area contributed by atoms with Crippen LogP contribution in [-0.4, -0.2) is 109 Å². The maximum Gasteiger partial charge on any atom is 0.431 e. The molecule has 3 rings (SSSR count). The van der Waals surface area contributed by atoms with E-state index in [4.69, 9.17) is 42.7 Å². The van der Waals surface area contributed by atoms with Crippen LogP contribution in [0.1, 0.15) is 40.5 Å². The SMILES string of the molecule is CC1COC2(CCCOCCOCCOCCOCCNC(=O)CONC(=O)OC(C)(C)C)OCC1CO2. The van der Waals surface area contributed by atoms with E-state index in [0.29, 0.717) is 97.5 Å². The van der Waals surface area contributed by atoms with Gasteiger partial charge in [-0.1, -0.05) is 6.92 Å². The first-order valence-electron chi connectivity index (χ1n) is 13.3. The smallest absolute Gasteiger partial charge is 0.431 e. The first-order chi connectivity index (χ1) is 18.2. The number of hydrogen-bond donors (Lipinski definition) is 2. The van der Waals surface area contributed by atoms with Gasteiger partial charge in [0, 0.05) is 25.5 Å². The third-order valence-corrected chi connectivity index (χ3v) is 5.62. The van der Waals surface area contributed by atoms with Crippen molar-refractivity contribution in [3.8, 4) is 0 Å². The Hall–Kier alpha value is -1.58. The maximum absolute atomic E-state index is 11.6.